The van der Waals surface area contributed by atoms with Gasteiger partial charge in [0.1, 0.15) is 6.54 Å². The van der Waals surface area contributed by atoms with Crippen LogP contribution in [0.4, 0.5) is 0 Å². The van der Waals surface area contributed by atoms with Crippen LogP contribution < -0.4 is 10.8 Å². The fourth-order valence-corrected chi connectivity index (χ4v) is 1.93. The summed E-state index contributed by atoms with van der Waals surface area (Å²) in [6.45, 7) is 4.29. The number of aliphatic carboxylic acids is 1. The first-order valence-corrected chi connectivity index (χ1v) is 5.48. The molecule has 0 saturated carbocycles. The second-order valence-corrected chi connectivity index (χ2v) is 4.16. The molecule has 5 heteroatoms. The number of hydrogen-bond acceptors (Lipinski definition) is 3. The van der Waals surface area contributed by atoms with E-state index in [1.807, 2.05) is 26.0 Å². The molecule has 2 rings (SSSR count). The molecular weight excluding hydrogens is 218 g/mol. The van der Waals surface area contributed by atoms with Crippen molar-refractivity contribution in [3.05, 3.63) is 29.1 Å². The Balaban J connectivity index is 2.69. The van der Waals surface area contributed by atoms with Gasteiger partial charge in [-0.3, -0.25) is 0 Å². The lowest BCUT2D eigenvalue weighted by Gasteiger charge is -2.08. The summed E-state index contributed by atoms with van der Waals surface area (Å²) < 4.78 is 1.66. The van der Waals surface area contributed by atoms with E-state index >= 15 is 0 Å². The van der Waals surface area contributed by atoms with Gasteiger partial charge in [-0.1, -0.05) is 0 Å². The molecule has 0 atom stereocenters. The Morgan fingerprint density at radius 3 is 2.65 bits per heavy atom. The van der Waals surface area contributed by atoms with E-state index < -0.39 is 5.97 Å². The van der Waals surface area contributed by atoms with Gasteiger partial charge in [-0.05, 0) is 37.1 Å². The number of carbonyl (C=O) groups is 1. The third-order valence-corrected chi connectivity index (χ3v) is 2.95. The number of carboxylic acid groups (broad SMARTS) is 1. The monoisotopic (exact) mass is 233 g/mol. The summed E-state index contributed by atoms with van der Waals surface area (Å²) in [6, 6.07) is 3.93. The number of rotatable bonds is 3. The maximum Gasteiger partial charge on any atom is 0.165 e. The summed E-state index contributed by atoms with van der Waals surface area (Å²) in [5.41, 5.74) is 7.67. The molecule has 3 N–H and O–H groups in total. The summed E-state index contributed by atoms with van der Waals surface area (Å²) in [4.78, 5) is 15.1. The van der Waals surface area contributed by atoms with Crippen LogP contribution in [-0.4, -0.2) is 15.5 Å². The molecule has 5 nitrogen and oxygen atoms in total. The van der Waals surface area contributed by atoms with Crippen molar-refractivity contribution in [1.82, 2.24) is 9.55 Å². The quantitative estimate of drug-likeness (QED) is 0.749. The maximum absolute atomic E-state index is 10.8. The Morgan fingerprint density at radius 1 is 1.41 bits per heavy atom. The summed E-state index contributed by atoms with van der Waals surface area (Å²) in [6.07, 6.45) is 0. The Bertz CT molecular complexity index is 587. The van der Waals surface area contributed by atoms with Crippen molar-refractivity contribution in [1.29, 1.82) is 0 Å². The Hall–Kier alpha value is -1.88. The molecule has 0 amide bonds. The lowest BCUT2D eigenvalue weighted by molar-refractivity contribution is -0.388. The number of imidazole rings is 1. The minimum Gasteiger partial charge on any atom is -0.548 e. The van der Waals surface area contributed by atoms with Gasteiger partial charge in [-0.25, -0.2) is 4.98 Å². The van der Waals surface area contributed by atoms with Crippen LogP contribution >= 0.6 is 0 Å². The van der Waals surface area contributed by atoms with Crippen molar-refractivity contribution in [3.63, 3.8) is 0 Å². The Kier molecular flexibility index (Phi) is 2.85. The van der Waals surface area contributed by atoms with Crippen molar-refractivity contribution in [3.8, 4) is 0 Å². The fourth-order valence-electron chi connectivity index (χ4n) is 1.93. The highest BCUT2D eigenvalue weighted by molar-refractivity contribution is 5.79. The molecule has 1 aromatic carbocycles. The molecule has 0 radical (unpaired) electrons. The predicted octanol–water partition coefficient (Wildman–Crippen LogP) is -0.855. The average molecular weight is 233 g/mol. The van der Waals surface area contributed by atoms with Gasteiger partial charge >= 0.3 is 0 Å². The lowest BCUT2D eigenvalue weighted by atomic mass is 10.1. The van der Waals surface area contributed by atoms with Crippen LogP contribution in [0.5, 0.6) is 0 Å². The molecule has 0 saturated heterocycles. The number of fused-ring (bicyclic) bond motifs is 1. The molecule has 0 aliphatic rings. The Morgan fingerprint density at radius 2 is 2.06 bits per heavy atom. The SMILES string of the molecule is Cc1cc2nc(C[NH3+])n(CC(=O)[O-])c2cc1C. The highest BCUT2D eigenvalue weighted by atomic mass is 16.4. The number of aryl methyl sites for hydroxylation is 2. The minimum atomic E-state index is -1.11. The van der Waals surface area contributed by atoms with Gasteiger partial charge in [-0.15, -0.1) is 0 Å². The molecule has 0 unspecified atom stereocenters. The predicted molar refractivity (Wildman–Crippen MR) is 60.8 cm³/mol. The molecule has 1 heterocycles. The maximum atomic E-state index is 10.8. The highest BCUT2D eigenvalue weighted by Crippen LogP contribution is 2.20. The van der Waals surface area contributed by atoms with Crippen LogP contribution in [0.2, 0.25) is 0 Å². The van der Waals surface area contributed by atoms with Crippen molar-refractivity contribution in [2.75, 3.05) is 0 Å². The van der Waals surface area contributed by atoms with Gasteiger partial charge in [0.2, 0.25) is 0 Å². The molecule has 0 fully saturated rings. The third kappa shape index (κ3) is 2.01. The van der Waals surface area contributed by atoms with E-state index in [9.17, 15) is 9.90 Å². The van der Waals surface area contributed by atoms with Gasteiger partial charge in [-0.2, -0.15) is 0 Å². The fraction of sp³-hybridized carbons (Fsp3) is 0.333. The second-order valence-electron chi connectivity index (χ2n) is 4.16. The molecule has 2 aromatic rings. The van der Waals surface area contributed by atoms with E-state index in [4.69, 9.17) is 0 Å². The number of benzene rings is 1. The zero-order chi connectivity index (χ0) is 12.6. The van der Waals surface area contributed by atoms with E-state index in [1.165, 1.54) is 0 Å². The van der Waals surface area contributed by atoms with Crippen molar-refractivity contribution in [2.24, 2.45) is 0 Å². The summed E-state index contributed by atoms with van der Waals surface area (Å²) in [5.74, 6) is -0.438. The molecule has 1 aromatic heterocycles. The van der Waals surface area contributed by atoms with Crippen LogP contribution in [0.1, 0.15) is 17.0 Å². The van der Waals surface area contributed by atoms with Gasteiger partial charge < -0.3 is 20.2 Å². The van der Waals surface area contributed by atoms with Crippen LogP contribution in [0.25, 0.3) is 11.0 Å². The summed E-state index contributed by atoms with van der Waals surface area (Å²) in [7, 11) is 0. The molecule has 17 heavy (non-hydrogen) atoms. The topological polar surface area (TPSA) is 85.6 Å². The van der Waals surface area contributed by atoms with Crippen LogP contribution in [0.15, 0.2) is 12.1 Å². The van der Waals surface area contributed by atoms with Crippen molar-refractivity contribution < 1.29 is 15.6 Å². The first-order chi connectivity index (χ1) is 8.02. The highest BCUT2D eigenvalue weighted by Gasteiger charge is 2.11. The molecule has 0 aliphatic heterocycles. The number of carboxylic acids is 1. The van der Waals surface area contributed by atoms with Crippen LogP contribution in [0, 0.1) is 13.8 Å². The van der Waals surface area contributed by atoms with Crippen molar-refractivity contribution >= 4 is 17.0 Å². The summed E-state index contributed by atoms with van der Waals surface area (Å²) in [5, 5.41) is 10.8. The molecule has 0 bridgehead atoms. The normalized spacial score (nSPS) is 11.0. The van der Waals surface area contributed by atoms with Gasteiger partial charge in [0.15, 0.2) is 5.82 Å². The first-order valence-electron chi connectivity index (χ1n) is 5.48. The number of nitrogens with zero attached hydrogens (tertiary/aromatic N) is 2. The Labute approximate surface area is 98.9 Å². The number of hydrogen-bond donors (Lipinski definition) is 1. The number of carbonyl (C=O) groups excluding carboxylic acids is 1. The van der Waals surface area contributed by atoms with Gasteiger partial charge in [0, 0.05) is 0 Å². The smallest absolute Gasteiger partial charge is 0.165 e. The number of quaternary nitrogens is 1. The zero-order valence-corrected chi connectivity index (χ0v) is 9.99. The first kappa shape index (κ1) is 11.6. The van der Waals surface area contributed by atoms with E-state index in [1.54, 1.807) is 4.57 Å². The van der Waals surface area contributed by atoms with Crippen LogP contribution in [0.3, 0.4) is 0 Å². The lowest BCUT2D eigenvalue weighted by Crippen LogP contribution is -2.48. The molecule has 0 aliphatic carbocycles. The van der Waals surface area contributed by atoms with E-state index in [-0.39, 0.29) is 6.54 Å². The second kappa shape index (κ2) is 4.18. The van der Waals surface area contributed by atoms with Gasteiger partial charge in [0.25, 0.3) is 0 Å². The van der Waals surface area contributed by atoms with Crippen molar-refractivity contribution in [2.45, 2.75) is 26.9 Å². The van der Waals surface area contributed by atoms with Gasteiger partial charge in [0.05, 0.1) is 23.5 Å². The van der Waals surface area contributed by atoms with E-state index in [0.29, 0.717) is 12.4 Å². The standard InChI is InChI=1S/C12H15N3O2/c1-7-3-9-10(4-8(7)2)15(6-12(16)17)11(5-13)14-9/h3-4H,5-6,13H2,1-2H3,(H,16,17). The zero-order valence-electron chi connectivity index (χ0n) is 9.99. The summed E-state index contributed by atoms with van der Waals surface area (Å²) >= 11 is 0. The largest absolute Gasteiger partial charge is 0.548 e. The van der Waals surface area contributed by atoms with Crippen LogP contribution in [-0.2, 0) is 17.9 Å². The van der Waals surface area contributed by atoms with E-state index in [0.717, 1.165) is 22.2 Å². The number of aromatic nitrogens is 2. The molecule has 90 valence electrons. The average Bonchev–Trinajstić information content (AvgIpc) is 2.57. The molecular formula is C12H15N3O2. The minimum absolute atomic E-state index is 0.177. The third-order valence-electron chi connectivity index (χ3n) is 2.95. The molecule has 0 spiro atoms. The van der Waals surface area contributed by atoms with E-state index in [2.05, 4.69) is 10.7 Å².